The van der Waals surface area contributed by atoms with Gasteiger partial charge < -0.3 is 0 Å². The van der Waals surface area contributed by atoms with Crippen molar-refractivity contribution in [3.05, 3.63) is 162 Å². The summed E-state index contributed by atoms with van der Waals surface area (Å²) in [5.41, 5.74) is 13.7. The second-order valence-electron chi connectivity index (χ2n) is 18.0. The Balaban J connectivity index is 1.00. The summed E-state index contributed by atoms with van der Waals surface area (Å²) in [7, 11) is -1.89. The smallest absolute Gasteiger partial charge is 0.165 e. The summed E-state index contributed by atoms with van der Waals surface area (Å²) >= 11 is 5.69. The van der Waals surface area contributed by atoms with Gasteiger partial charge in [-0.1, -0.05) is 185 Å². The van der Waals surface area contributed by atoms with Gasteiger partial charge in [-0.2, -0.15) is 0 Å². The van der Waals surface area contributed by atoms with Crippen LogP contribution >= 0.6 is 35.3 Å². The molecular weight excluding hydrogens is 803 g/mol. The van der Waals surface area contributed by atoms with E-state index in [4.69, 9.17) is 15.0 Å². The van der Waals surface area contributed by atoms with E-state index in [9.17, 15) is 0 Å². The van der Waals surface area contributed by atoms with Crippen LogP contribution in [0.25, 0.3) is 56.4 Å². The van der Waals surface area contributed by atoms with Crippen LogP contribution < -0.4 is 10.4 Å². The van der Waals surface area contributed by atoms with Crippen molar-refractivity contribution in [1.82, 2.24) is 15.0 Å². The Labute approximate surface area is 365 Å². The van der Waals surface area contributed by atoms with Crippen LogP contribution in [0.3, 0.4) is 0 Å². The van der Waals surface area contributed by atoms with Crippen molar-refractivity contribution in [2.75, 3.05) is 0 Å². The molecule has 2 aliphatic heterocycles. The molecule has 60 heavy (non-hydrogen) atoms. The Morgan fingerprint density at radius 1 is 0.400 bits per heavy atom. The third-order valence-electron chi connectivity index (χ3n) is 13.5. The molecule has 0 amide bonds. The molecule has 3 nitrogen and oxygen atoms in total. The topological polar surface area (TPSA) is 38.7 Å². The summed E-state index contributed by atoms with van der Waals surface area (Å²) in [6, 6.07) is 51.4. The summed E-state index contributed by atoms with van der Waals surface area (Å²) in [5, 5.41) is 3.07. The second-order valence-corrected chi connectivity index (χ2v) is 25.5. The lowest BCUT2D eigenvalue weighted by Crippen LogP contribution is -2.56. The van der Waals surface area contributed by atoms with Crippen LogP contribution in [0.1, 0.15) is 49.9 Å². The highest BCUT2D eigenvalue weighted by Crippen LogP contribution is 2.60. The van der Waals surface area contributed by atoms with Crippen LogP contribution in [0.5, 0.6) is 0 Å². The molecule has 0 bridgehead atoms. The van der Waals surface area contributed by atoms with Gasteiger partial charge in [0.1, 0.15) is 8.07 Å². The molecule has 290 valence electrons. The fraction of sp³-hybridized carbons (Fsp3) is 0.151. The molecule has 0 saturated heterocycles. The Hall–Kier alpha value is -5.18. The normalized spacial score (nSPS) is 16.4. The minimum atomic E-state index is -1.89. The molecular formula is C53H41N3S3Si. The lowest BCUT2D eigenvalue weighted by molar-refractivity contribution is 0.659. The van der Waals surface area contributed by atoms with E-state index in [-0.39, 0.29) is 10.8 Å². The maximum Gasteiger partial charge on any atom is 0.165 e. The van der Waals surface area contributed by atoms with Crippen LogP contribution in [-0.4, -0.2) is 23.0 Å². The summed E-state index contributed by atoms with van der Waals surface area (Å²) in [6.45, 7) is 14.5. The largest absolute Gasteiger partial charge is 0.208 e. The highest BCUT2D eigenvalue weighted by Gasteiger charge is 2.43. The molecule has 4 aliphatic rings. The maximum absolute atomic E-state index is 5.39. The molecule has 3 heterocycles. The summed E-state index contributed by atoms with van der Waals surface area (Å²) in [5.74, 6) is 2.06. The van der Waals surface area contributed by atoms with E-state index in [0.717, 1.165) is 16.7 Å². The number of benzene rings is 7. The molecule has 0 saturated carbocycles. The number of nitrogens with zero attached hydrogens (tertiary/aromatic N) is 3. The SMILES string of the molecule is CC1(C)c2ccccc2-c2c1ccc1c2Sc2c(cccc2-c2nc(-c3ccccc3)nc(-c3ccc4c(c3)C(C)(C)c3ccc5c(c3-4)Sc3ccccc3[Si]5(C)C)n2)S1. The van der Waals surface area contributed by atoms with E-state index in [2.05, 4.69) is 174 Å². The van der Waals surface area contributed by atoms with Gasteiger partial charge in [-0.3, -0.25) is 0 Å². The van der Waals surface area contributed by atoms with Crippen LogP contribution in [0.4, 0.5) is 0 Å². The first-order valence-corrected chi connectivity index (χ1v) is 26.1. The first kappa shape index (κ1) is 36.7. The number of hydrogen-bond donors (Lipinski definition) is 0. The van der Waals surface area contributed by atoms with Gasteiger partial charge in [0.05, 0.1) is 0 Å². The van der Waals surface area contributed by atoms with Crippen molar-refractivity contribution in [3.8, 4) is 56.4 Å². The summed E-state index contributed by atoms with van der Waals surface area (Å²) in [6.07, 6.45) is 0. The predicted octanol–water partition coefficient (Wildman–Crippen LogP) is 13.4. The minimum Gasteiger partial charge on any atom is -0.208 e. The van der Waals surface area contributed by atoms with Gasteiger partial charge in [0.15, 0.2) is 17.5 Å². The van der Waals surface area contributed by atoms with E-state index in [1.54, 1.807) is 0 Å². The number of hydrogen-bond acceptors (Lipinski definition) is 6. The molecule has 0 atom stereocenters. The molecule has 0 N–H and O–H groups in total. The lowest BCUT2D eigenvalue weighted by Gasteiger charge is -2.34. The summed E-state index contributed by atoms with van der Waals surface area (Å²) < 4.78 is 0. The van der Waals surface area contributed by atoms with E-state index < -0.39 is 8.07 Å². The van der Waals surface area contributed by atoms with Crippen LogP contribution in [0.15, 0.2) is 169 Å². The zero-order valence-electron chi connectivity index (χ0n) is 34.3. The van der Waals surface area contributed by atoms with Crippen molar-refractivity contribution >= 4 is 53.7 Å². The molecule has 0 spiro atoms. The van der Waals surface area contributed by atoms with Gasteiger partial charge in [0, 0.05) is 62.5 Å². The molecule has 1 aromatic heterocycles. The standard InChI is InChI=1S/C53H41N3S3Si/c1-52(2)35-19-11-10-17-32(35)44-36(52)25-27-41-47(44)59-46-34(18-14-21-40(46)57-41)51-55-49(30-15-8-7-9-16-30)54-50(56-51)31-23-24-33-38(29-31)53(3,4)37-26-28-43-48(45(33)37)58-39-20-12-13-22-42(39)60(43,5)6/h7-29H,1-6H3. The molecule has 7 heteroatoms. The minimum absolute atomic E-state index is 0.0621. The number of aromatic nitrogens is 3. The third-order valence-corrected chi connectivity index (χ3v) is 21.2. The fourth-order valence-corrected chi connectivity index (χ4v) is 18.4. The van der Waals surface area contributed by atoms with E-state index in [1.165, 1.54) is 84.3 Å². The molecule has 2 aliphatic carbocycles. The average Bonchev–Trinajstić information content (AvgIpc) is 3.65. The Morgan fingerprint density at radius 2 is 1.02 bits per heavy atom. The van der Waals surface area contributed by atoms with E-state index >= 15 is 0 Å². The Bertz CT molecular complexity index is 3170. The van der Waals surface area contributed by atoms with Crippen LogP contribution in [0.2, 0.25) is 13.1 Å². The van der Waals surface area contributed by atoms with Crippen molar-refractivity contribution < 1.29 is 0 Å². The molecule has 0 fully saturated rings. The van der Waals surface area contributed by atoms with E-state index in [0.29, 0.717) is 17.5 Å². The van der Waals surface area contributed by atoms with Crippen molar-refractivity contribution in [1.29, 1.82) is 0 Å². The van der Waals surface area contributed by atoms with Crippen molar-refractivity contribution in [2.24, 2.45) is 0 Å². The zero-order valence-corrected chi connectivity index (χ0v) is 37.8. The molecule has 8 aromatic rings. The maximum atomic E-state index is 5.39. The third kappa shape index (κ3) is 5.16. The van der Waals surface area contributed by atoms with Gasteiger partial charge in [0.25, 0.3) is 0 Å². The highest BCUT2D eigenvalue weighted by atomic mass is 32.2. The van der Waals surface area contributed by atoms with Crippen molar-refractivity contribution in [2.45, 2.75) is 81.0 Å². The number of rotatable bonds is 3. The van der Waals surface area contributed by atoms with Gasteiger partial charge >= 0.3 is 0 Å². The fourth-order valence-electron chi connectivity index (χ4n) is 10.2. The predicted molar refractivity (Wildman–Crippen MR) is 253 cm³/mol. The van der Waals surface area contributed by atoms with Crippen LogP contribution in [-0.2, 0) is 10.8 Å². The Kier molecular flexibility index (Phi) is 7.89. The molecule has 0 unspecified atom stereocenters. The average molecular weight is 844 g/mol. The molecule has 12 rings (SSSR count). The second kappa shape index (κ2) is 12.9. The van der Waals surface area contributed by atoms with Gasteiger partial charge in [-0.15, -0.1) is 0 Å². The first-order chi connectivity index (χ1) is 29.0. The molecule has 0 radical (unpaired) electrons. The Morgan fingerprint density at radius 3 is 1.85 bits per heavy atom. The number of fused-ring (bicyclic) bond motifs is 12. The van der Waals surface area contributed by atoms with E-state index in [1.807, 2.05) is 41.4 Å². The van der Waals surface area contributed by atoms with Crippen LogP contribution in [0, 0.1) is 0 Å². The monoisotopic (exact) mass is 843 g/mol. The molecule has 7 aromatic carbocycles. The van der Waals surface area contributed by atoms with Gasteiger partial charge in [-0.05, 0) is 79.6 Å². The van der Waals surface area contributed by atoms with Gasteiger partial charge in [-0.25, -0.2) is 15.0 Å². The highest BCUT2D eigenvalue weighted by molar-refractivity contribution is 8.05. The summed E-state index contributed by atoms with van der Waals surface area (Å²) in [4.78, 5) is 23.8. The first-order valence-electron chi connectivity index (χ1n) is 20.7. The zero-order chi connectivity index (χ0) is 40.7. The van der Waals surface area contributed by atoms with Gasteiger partial charge in [0.2, 0.25) is 0 Å². The lowest BCUT2D eigenvalue weighted by atomic mass is 9.82. The van der Waals surface area contributed by atoms with Crippen molar-refractivity contribution in [3.63, 3.8) is 0 Å². The quantitative estimate of drug-likeness (QED) is 0.165.